The van der Waals surface area contributed by atoms with Gasteiger partial charge >= 0.3 is 0 Å². The quantitative estimate of drug-likeness (QED) is 0.741. The lowest BCUT2D eigenvalue weighted by atomic mass is 9.83. The van der Waals surface area contributed by atoms with E-state index in [0.29, 0.717) is 19.8 Å². The van der Waals surface area contributed by atoms with E-state index in [1.54, 1.807) is 0 Å². The van der Waals surface area contributed by atoms with Crippen molar-refractivity contribution in [2.45, 2.75) is 24.9 Å². The number of rotatable bonds is 5. The molecule has 0 bridgehead atoms. The number of hydrogen-bond donors (Lipinski definition) is 1. The molecule has 17 heavy (non-hydrogen) atoms. The largest absolute Gasteiger partial charge is 0.374 e. The Balaban J connectivity index is 1.82. The summed E-state index contributed by atoms with van der Waals surface area (Å²) in [5.74, 6) is 2.55. The highest BCUT2D eigenvalue weighted by molar-refractivity contribution is 7.99. The molecule has 2 atom stereocenters. The number of carbonyl (C=O) groups excluding carboxylic acids is 1. The van der Waals surface area contributed by atoms with Gasteiger partial charge in [0.25, 0.3) is 0 Å². The zero-order valence-electron chi connectivity index (χ0n) is 10.2. The van der Waals surface area contributed by atoms with Crippen LogP contribution in [0.15, 0.2) is 0 Å². The second kappa shape index (κ2) is 6.18. The average Bonchev–Trinajstić information content (AvgIpc) is 2.77. The third kappa shape index (κ3) is 3.44. The Kier molecular flexibility index (Phi) is 4.85. The van der Waals surface area contributed by atoms with E-state index in [1.807, 2.05) is 11.8 Å². The predicted molar refractivity (Wildman–Crippen MR) is 68.2 cm³/mol. The third-order valence-electron chi connectivity index (χ3n) is 3.52. The van der Waals surface area contributed by atoms with Gasteiger partial charge in [0.05, 0.1) is 12.2 Å². The van der Waals surface area contributed by atoms with E-state index < -0.39 is 0 Å². The highest BCUT2D eigenvalue weighted by Gasteiger charge is 2.42. The summed E-state index contributed by atoms with van der Waals surface area (Å²) in [5, 5.41) is 0. The second-order valence-electron chi connectivity index (χ2n) is 4.83. The van der Waals surface area contributed by atoms with Gasteiger partial charge < -0.3 is 15.2 Å². The molecule has 0 saturated carbocycles. The van der Waals surface area contributed by atoms with Gasteiger partial charge in [-0.15, -0.1) is 0 Å². The number of ketones is 1. The molecule has 2 aliphatic heterocycles. The predicted octanol–water partition coefficient (Wildman–Crippen LogP) is 0.833. The molecule has 0 aliphatic carbocycles. The summed E-state index contributed by atoms with van der Waals surface area (Å²) < 4.78 is 11.1. The van der Waals surface area contributed by atoms with Crippen LogP contribution in [0.5, 0.6) is 0 Å². The summed E-state index contributed by atoms with van der Waals surface area (Å²) in [6.07, 6.45) is 2.81. The van der Waals surface area contributed by atoms with Crippen LogP contribution in [0.1, 0.15) is 19.3 Å². The second-order valence-corrected chi connectivity index (χ2v) is 5.94. The van der Waals surface area contributed by atoms with Gasteiger partial charge in [-0.2, -0.15) is 11.8 Å². The zero-order valence-corrected chi connectivity index (χ0v) is 11.0. The fraction of sp³-hybridized carbons (Fsp3) is 0.917. The Bertz CT molecular complexity index is 266. The lowest BCUT2D eigenvalue weighted by Crippen LogP contribution is -2.42. The first-order chi connectivity index (χ1) is 8.26. The average molecular weight is 259 g/mol. The van der Waals surface area contributed by atoms with Crippen molar-refractivity contribution < 1.29 is 14.3 Å². The van der Waals surface area contributed by atoms with E-state index in [1.165, 1.54) is 0 Å². The van der Waals surface area contributed by atoms with Crippen LogP contribution in [-0.4, -0.2) is 49.3 Å². The van der Waals surface area contributed by atoms with Gasteiger partial charge in [-0.05, 0) is 25.0 Å². The molecule has 0 aromatic heterocycles. The summed E-state index contributed by atoms with van der Waals surface area (Å²) in [4.78, 5) is 12.0. The van der Waals surface area contributed by atoms with Crippen LogP contribution >= 0.6 is 11.8 Å². The van der Waals surface area contributed by atoms with Crippen molar-refractivity contribution >= 4 is 17.5 Å². The fourth-order valence-corrected chi connectivity index (χ4v) is 3.92. The van der Waals surface area contributed by atoms with Gasteiger partial charge in [0.15, 0.2) is 5.78 Å². The van der Waals surface area contributed by atoms with Gasteiger partial charge in [-0.3, -0.25) is 4.79 Å². The van der Waals surface area contributed by atoms with E-state index >= 15 is 0 Å². The fourth-order valence-electron chi connectivity index (χ4n) is 2.54. The Morgan fingerprint density at radius 1 is 1.59 bits per heavy atom. The Morgan fingerprint density at radius 2 is 2.47 bits per heavy atom. The van der Waals surface area contributed by atoms with Gasteiger partial charge in [-0.1, -0.05) is 0 Å². The highest BCUT2D eigenvalue weighted by atomic mass is 32.2. The van der Waals surface area contributed by atoms with Gasteiger partial charge in [0, 0.05) is 24.8 Å². The van der Waals surface area contributed by atoms with Gasteiger partial charge in [-0.25, -0.2) is 0 Å². The summed E-state index contributed by atoms with van der Waals surface area (Å²) in [5.41, 5.74) is 5.31. The van der Waals surface area contributed by atoms with Gasteiger partial charge in [0.1, 0.15) is 6.61 Å². The van der Waals surface area contributed by atoms with Crippen molar-refractivity contribution in [2.75, 3.05) is 37.9 Å². The van der Waals surface area contributed by atoms with Gasteiger partial charge in [0.2, 0.25) is 0 Å². The van der Waals surface area contributed by atoms with Crippen LogP contribution < -0.4 is 5.73 Å². The van der Waals surface area contributed by atoms with Crippen molar-refractivity contribution in [2.24, 2.45) is 11.7 Å². The molecule has 98 valence electrons. The smallest absolute Gasteiger partial charge is 0.161 e. The van der Waals surface area contributed by atoms with Crippen molar-refractivity contribution in [3.8, 4) is 0 Å². The standard InChI is InChI=1S/C12H21NO3S/c13-3-5-15-8-11(14)10-1-4-16-12(7-10)2-6-17-9-12/h10H,1-9,13H2. The Morgan fingerprint density at radius 3 is 3.18 bits per heavy atom. The highest BCUT2D eigenvalue weighted by Crippen LogP contribution is 2.40. The minimum Gasteiger partial charge on any atom is -0.374 e. The summed E-state index contributed by atoms with van der Waals surface area (Å²) >= 11 is 1.93. The lowest BCUT2D eigenvalue weighted by molar-refractivity contribution is -0.138. The molecule has 2 rings (SSSR count). The molecule has 2 N–H and O–H groups in total. The normalized spacial score (nSPS) is 33.1. The van der Waals surface area contributed by atoms with Crippen LogP contribution in [0.2, 0.25) is 0 Å². The number of ether oxygens (including phenoxy) is 2. The molecule has 2 fully saturated rings. The van der Waals surface area contributed by atoms with Crippen molar-refractivity contribution in [1.82, 2.24) is 0 Å². The SMILES string of the molecule is NCCOCC(=O)C1CCOC2(CCSC2)C1. The van der Waals surface area contributed by atoms with E-state index in [4.69, 9.17) is 15.2 Å². The molecular formula is C12H21NO3S. The number of nitrogens with two attached hydrogens (primary N) is 1. The van der Waals surface area contributed by atoms with E-state index in [2.05, 4.69) is 0 Å². The van der Waals surface area contributed by atoms with E-state index in [0.717, 1.165) is 30.8 Å². The minimum absolute atomic E-state index is 0.0168. The van der Waals surface area contributed by atoms with Crippen molar-refractivity contribution in [3.05, 3.63) is 0 Å². The Hall–Kier alpha value is -0.100. The first-order valence-corrected chi connectivity index (χ1v) is 7.43. The first-order valence-electron chi connectivity index (χ1n) is 6.28. The van der Waals surface area contributed by atoms with Crippen molar-refractivity contribution in [3.63, 3.8) is 0 Å². The maximum absolute atomic E-state index is 12.0. The minimum atomic E-state index is -0.0168. The summed E-state index contributed by atoms with van der Waals surface area (Å²) in [7, 11) is 0. The molecule has 0 amide bonds. The molecule has 2 saturated heterocycles. The maximum Gasteiger partial charge on any atom is 0.161 e. The molecule has 0 aromatic rings. The molecule has 2 heterocycles. The summed E-state index contributed by atoms with van der Waals surface area (Å²) in [6, 6.07) is 0. The van der Waals surface area contributed by atoms with Crippen LogP contribution in [0.25, 0.3) is 0 Å². The molecule has 2 aliphatic rings. The number of carbonyl (C=O) groups is 1. The van der Waals surface area contributed by atoms with Crippen LogP contribution in [0.3, 0.4) is 0 Å². The maximum atomic E-state index is 12.0. The molecule has 1 spiro atoms. The first kappa shape index (κ1) is 13.3. The van der Waals surface area contributed by atoms with Crippen LogP contribution in [0.4, 0.5) is 0 Å². The van der Waals surface area contributed by atoms with E-state index in [-0.39, 0.29) is 23.9 Å². The summed E-state index contributed by atoms with van der Waals surface area (Å²) in [6.45, 7) is 1.87. The van der Waals surface area contributed by atoms with E-state index in [9.17, 15) is 4.79 Å². The van der Waals surface area contributed by atoms with Crippen molar-refractivity contribution in [1.29, 1.82) is 0 Å². The molecule has 4 nitrogen and oxygen atoms in total. The third-order valence-corrected chi connectivity index (χ3v) is 4.74. The zero-order chi connectivity index (χ0) is 12.1. The molecule has 0 aromatic carbocycles. The number of thioether (sulfide) groups is 1. The lowest BCUT2D eigenvalue weighted by Gasteiger charge is -2.37. The molecule has 5 heteroatoms. The molecular weight excluding hydrogens is 238 g/mol. The van der Waals surface area contributed by atoms with Crippen LogP contribution in [-0.2, 0) is 14.3 Å². The Labute approximate surface area is 107 Å². The number of hydrogen-bond acceptors (Lipinski definition) is 5. The van der Waals surface area contributed by atoms with Crippen LogP contribution in [0, 0.1) is 5.92 Å². The molecule has 2 unspecified atom stereocenters. The number of Topliss-reactive ketones (excluding diaryl/α,β-unsaturated/α-hetero) is 1. The molecule has 0 radical (unpaired) electrons. The monoisotopic (exact) mass is 259 g/mol. The topological polar surface area (TPSA) is 61.5 Å².